The van der Waals surface area contributed by atoms with E-state index < -0.39 is 5.91 Å². The van der Waals surface area contributed by atoms with E-state index in [2.05, 4.69) is 10.6 Å². The van der Waals surface area contributed by atoms with Gasteiger partial charge in [0.1, 0.15) is 17.1 Å². The van der Waals surface area contributed by atoms with Crippen LogP contribution >= 0.6 is 0 Å². The van der Waals surface area contributed by atoms with Crippen molar-refractivity contribution in [2.75, 3.05) is 32.0 Å². The Morgan fingerprint density at radius 3 is 2.00 bits per heavy atom. The average molecular weight is 460 g/mol. The number of rotatable bonds is 8. The molecule has 1 heterocycles. The van der Waals surface area contributed by atoms with E-state index in [1.165, 1.54) is 14.2 Å². The average Bonchev–Trinajstić information content (AvgIpc) is 3.24. The molecule has 0 fully saturated rings. The number of ether oxygens (including phenoxy) is 3. The zero-order valence-electron chi connectivity index (χ0n) is 19.0. The van der Waals surface area contributed by atoms with Crippen LogP contribution in [0.25, 0.3) is 11.0 Å². The van der Waals surface area contributed by atoms with Gasteiger partial charge in [0, 0.05) is 35.8 Å². The van der Waals surface area contributed by atoms with E-state index in [1.54, 1.807) is 49.6 Å². The Labute approximate surface area is 196 Å². The summed E-state index contributed by atoms with van der Waals surface area (Å²) in [5, 5.41) is 6.44. The molecule has 0 saturated carbocycles. The molecule has 0 aliphatic carbocycles. The smallest absolute Gasteiger partial charge is 0.291 e. The minimum Gasteiger partial charge on any atom is -0.494 e. The molecule has 0 atom stereocenters. The maximum Gasteiger partial charge on any atom is 0.291 e. The second kappa shape index (κ2) is 10.1. The molecule has 1 aromatic heterocycles. The summed E-state index contributed by atoms with van der Waals surface area (Å²) >= 11 is 0. The summed E-state index contributed by atoms with van der Waals surface area (Å²) in [5.41, 5.74) is 2.48. The molecule has 174 valence electrons. The van der Waals surface area contributed by atoms with E-state index in [0.29, 0.717) is 39.6 Å². The molecule has 8 heteroatoms. The third-order valence-corrected chi connectivity index (χ3v) is 5.25. The second-order valence-corrected chi connectivity index (χ2v) is 7.37. The molecule has 0 aliphatic heterocycles. The van der Waals surface area contributed by atoms with Gasteiger partial charge in [-0.25, -0.2) is 0 Å². The molecule has 3 aromatic carbocycles. The molecule has 2 N–H and O–H groups in total. The number of nitrogens with one attached hydrogen (secondary N) is 2. The summed E-state index contributed by atoms with van der Waals surface area (Å²) < 4.78 is 22.0. The van der Waals surface area contributed by atoms with Crippen molar-refractivity contribution in [2.24, 2.45) is 0 Å². The summed E-state index contributed by atoms with van der Waals surface area (Å²) in [4.78, 5) is 25.8. The molecule has 2 amide bonds. The monoisotopic (exact) mass is 460 g/mol. The van der Waals surface area contributed by atoms with Gasteiger partial charge in [-0.3, -0.25) is 9.59 Å². The first kappa shape index (κ1) is 22.9. The van der Waals surface area contributed by atoms with Crippen molar-refractivity contribution >= 4 is 34.2 Å². The van der Waals surface area contributed by atoms with E-state index in [4.69, 9.17) is 18.6 Å². The van der Waals surface area contributed by atoms with Crippen LogP contribution < -0.4 is 20.1 Å². The third-order valence-electron chi connectivity index (χ3n) is 5.25. The van der Waals surface area contributed by atoms with Crippen LogP contribution in [0.5, 0.6) is 11.5 Å². The third kappa shape index (κ3) is 4.57. The van der Waals surface area contributed by atoms with Gasteiger partial charge in [0.15, 0.2) is 5.76 Å². The van der Waals surface area contributed by atoms with Crippen LogP contribution in [0, 0.1) is 0 Å². The van der Waals surface area contributed by atoms with Gasteiger partial charge in [-0.2, -0.15) is 0 Å². The number of methoxy groups -OCH3 is 3. The number of hydrogen-bond acceptors (Lipinski definition) is 6. The fourth-order valence-corrected chi connectivity index (χ4v) is 3.63. The zero-order valence-corrected chi connectivity index (χ0v) is 19.0. The number of amides is 2. The van der Waals surface area contributed by atoms with Crippen LogP contribution in [0.4, 0.5) is 11.4 Å². The molecule has 34 heavy (non-hydrogen) atoms. The van der Waals surface area contributed by atoms with Gasteiger partial charge in [0.05, 0.1) is 32.2 Å². The normalized spacial score (nSPS) is 10.7. The lowest BCUT2D eigenvalue weighted by Gasteiger charge is -2.16. The fraction of sp³-hybridized carbons (Fsp3) is 0.154. The van der Waals surface area contributed by atoms with Crippen molar-refractivity contribution in [2.45, 2.75) is 6.61 Å². The Kier molecular flexibility index (Phi) is 6.79. The van der Waals surface area contributed by atoms with E-state index in [9.17, 15) is 9.59 Å². The lowest BCUT2D eigenvalue weighted by atomic mass is 10.1. The van der Waals surface area contributed by atoms with Gasteiger partial charge in [-0.1, -0.05) is 36.4 Å². The second-order valence-electron chi connectivity index (χ2n) is 7.37. The number of hydrogen-bond donors (Lipinski definition) is 2. The molecule has 0 bridgehead atoms. The van der Waals surface area contributed by atoms with Gasteiger partial charge in [0.25, 0.3) is 11.8 Å². The van der Waals surface area contributed by atoms with E-state index in [0.717, 1.165) is 5.39 Å². The van der Waals surface area contributed by atoms with Gasteiger partial charge >= 0.3 is 0 Å². The van der Waals surface area contributed by atoms with E-state index >= 15 is 0 Å². The molecule has 0 saturated heterocycles. The first-order valence-electron chi connectivity index (χ1n) is 10.5. The summed E-state index contributed by atoms with van der Waals surface area (Å²) in [5.74, 6) is 0.0587. The Balaban J connectivity index is 1.65. The highest BCUT2D eigenvalue weighted by Crippen LogP contribution is 2.37. The van der Waals surface area contributed by atoms with Crippen molar-refractivity contribution in [1.82, 2.24) is 0 Å². The minimum absolute atomic E-state index is 0.144. The Morgan fingerprint density at radius 2 is 1.38 bits per heavy atom. The van der Waals surface area contributed by atoms with Crippen molar-refractivity contribution in [1.29, 1.82) is 0 Å². The number of fused-ring (bicyclic) bond motifs is 1. The first-order valence-corrected chi connectivity index (χ1v) is 10.5. The Morgan fingerprint density at radius 1 is 0.794 bits per heavy atom. The van der Waals surface area contributed by atoms with Crippen LogP contribution in [0.1, 0.15) is 26.5 Å². The van der Waals surface area contributed by atoms with Crippen molar-refractivity contribution in [3.05, 3.63) is 83.6 Å². The number of carbonyl (C=O) groups is 2. The maximum atomic E-state index is 13.2. The number of furan rings is 1. The molecule has 0 aliphatic rings. The first-order chi connectivity index (χ1) is 16.5. The topological polar surface area (TPSA) is 99.0 Å². The lowest BCUT2D eigenvalue weighted by Crippen LogP contribution is -2.15. The summed E-state index contributed by atoms with van der Waals surface area (Å²) in [6, 6.07) is 19.3. The molecule has 0 unspecified atom stereocenters. The molecule has 8 nitrogen and oxygen atoms in total. The van der Waals surface area contributed by atoms with E-state index in [-0.39, 0.29) is 18.3 Å². The van der Waals surface area contributed by atoms with Crippen molar-refractivity contribution in [3.8, 4) is 11.5 Å². The predicted octanol–water partition coefficient (Wildman–Crippen LogP) is 5.10. The Hall–Kier alpha value is -4.30. The SMILES string of the molecule is COCc1c(C(=O)Nc2cc(OC)c(NC(=O)c3ccccc3)cc2OC)oc2ccccc12. The minimum atomic E-state index is -0.468. The summed E-state index contributed by atoms with van der Waals surface area (Å²) in [6.07, 6.45) is 0. The van der Waals surface area contributed by atoms with Crippen molar-refractivity contribution in [3.63, 3.8) is 0 Å². The molecule has 4 aromatic rings. The van der Waals surface area contributed by atoms with Gasteiger partial charge in [0.2, 0.25) is 0 Å². The number of para-hydroxylation sites is 1. The zero-order chi connectivity index (χ0) is 24.1. The molecule has 4 rings (SSSR count). The van der Waals surface area contributed by atoms with Crippen LogP contribution in [0.3, 0.4) is 0 Å². The van der Waals surface area contributed by atoms with Gasteiger partial charge < -0.3 is 29.3 Å². The molecule has 0 spiro atoms. The Bertz CT molecular complexity index is 1330. The lowest BCUT2D eigenvalue weighted by molar-refractivity contribution is 0.0989. The van der Waals surface area contributed by atoms with Gasteiger partial charge in [-0.15, -0.1) is 0 Å². The van der Waals surface area contributed by atoms with Crippen LogP contribution in [-0.2, 0) is 11.3 Å². The quantitative estimate of drug-likeness (QED) is 0.380. The highest BCUT2D eigenvalue weighted by Gasteiger charge is 2.23. The highest BCUT2D eigenvalue weighted by molar-refractivity contribution is 6.08. The highest BCUT2D eigenvalue weighted by atomic mass is 16.5. The van der Waals surface area contributed by atoms with Crippen LogP contribution in [0.2, 0.25) is 0 Å². The number of carbonyl (C=O) groups excluding carboxylic acids is 2. The standard InChI is InChI=1S/C26H24N2O6/c1-31-15-18-17-11-7-8-12-21(17)34-24(18)26(30)28-20-14-22(32-2)19(13-23(20)33-3)27-25(29)16-9-5-4-6-10-16/h4-14H,15H2,1-3H3,(H,27,29)(H,28,30). The number of benzene rings is 3. The van der Waals surface area contributed by atoms with Gasteiger partial charge in [-0.05, 0) is 18.2 Å². The van der Waals surface area contributed by atoms with Crippen molar-refractivity contribution < 1.29 is 28.2 Å². The predicted molar refractivity (Wildman–Crippen MR) is 129 cm³/mol. The summed E-state index contributed by atoms with van der Waals surface area (Å²) in [6.45, 7) is 0.213. The van der Waals surface area contributed by atoms with Crippen LogP contribution in [-0.4, -0.2) is 33.1 Å². The largest absolute Gasteiger partial charge is 0.494 e. The molecular weight excluding hydrogens is 436 g/mol. The maximum absolute atomic E-state index is 13.2. The number of anilines is 2. The summed E-state index contributed by atoms with van der Waals surface area (Å²) in [7, 11) is 4.50. The fourth-order valence-electron chi connectivity index (χ4n) is 3.63. The molecule has 0 radical (unpaired) electrons. The van der Waals surface area contributed by atoms with Crippen LogP contribution in [0.15, 0.2) is 71.1 Å². The molecular formula is C26H24N2O6. The van der Waals surface area contributed by atoms with E-state index in [1.807, 2.05) is 24.3 Å².